The van der Waals surface area contributed by atoms with E-state index in [-0.39, 0.29) is 5.54 Å². The summed E-state index contributed by atoms with van der Waals surface area (Å²) in [6, 6.07) is 5.91. The fourth-order valence-electron chi connectivity index (χ4n) is 2.88. The molecule has 1 fully saturated rings. The molecule has 0 amide bonds. The molecule has 0 aromatic heterocycles. The molecule has 2 rings (SSSR count). The summed E-state index contributed by atoms with van der Waals surface area (Å²) in [6.07, 6.45) is 3.24. The molecule has 2 N–H and O–H groups in total. The number of nitrogens with two attached hydrogens (primary N) is 1. The predicted molar refractivity (Wildman–Crippen MR) is 76.0 cm³/mol. The fourth-order valence-corrected chi connectivity index (χ4v) is 3.07. The number of rotatable bonds is 2. The van der Waals surface area contributed by atoms with Gasteiger partial charge in [0.2, 0.25) is 0 Å². The molecule has 1 aliphatic carbocycles. The third-order valence-electron chi connectivity index (χ3n) is 4.43. The van der Waals surface area contributed by atoms with E-state index in [0.717, 1.165) is 24.3 Å². The fraction of sp³-hybridized carbons (Fsp3) is 0.600. The molecule has 1 aromatic rings. The number of ether oxygens (including phenoxy) is 1. The number of halogens is 1. The van der Waals surface area contributed by atoms with E-state index in [1.807, 2.05) is 18.2 Å². The number of hydrogen-bond acceptors (Lipinski definition) is 2. The van der Waals surface area contributed by atoms with Gasteiger partial charge in [-0.1, -0.05) is 31.5 Å². The molecular formula is C15H22ClNO. The van der Waals surface area contributed by atoms with Gasteiger partial charge in [-0.3, -0.25) is 0 Å². The van der Waals surface area contributed by atoms with E-state index in [2.05, 4.69) is 13.8 Å². The maximum atomic E-state index is 6.61. The Morgan fingerprint density at radius 2 is 2.06 bits per heavy atom. The SMILES string of the molecule is COc1cc(C2(N)CCC(C)C(C)C2)ccc1Cl. The van der Waals surface area contributed by atoms with Gasteiger partial charge in [-0.25, -0.2) is 0 Å². The number of benzene rings is 1. The van der Waals surface area contributed by atoms with Crippen LogP contribution in [0.1, 0.15) is 38.7 Å². The highest BCUT2D eigenvalue weighted by Gasteiger charge is 2.36. The third kappa shape index (κ3) is 2.50. The molecule has 0 radical (unpaired) electrons. The Bertz CT molecular complexity index is 435. The monoisotopic (exact) mass is 267 g/mol. The van der Waals surface area contributed by atoms with E-state index >= 15 is 0 Å². The minimum Gasteiger partial charge on any atom is -0.495 e. The molecule has 3 heteroatoms. The van der Waals surface area contributed by atoms with Gasteiger partial charge < -0.3 is 10.5 Å². The standard InChI is InChI=1S/C15H22ClNO/c1-10-6-7-15(17,9-11(10)2)12-4-5-13(16)14(8-12)18-3/h4-5,8,10-11H,6-7,9,17H2,1-3H3. The normalized spacial score (nSPS) is 32.3. The van der Waals surface area contributed by atoms with Gasteiger partial charge in [-0.15, -0.1) is 0 Å². The average molecular weight is 268 g/mol. The Morgan fingerprint density at radius 1 is 1.33 bits per heavy atom. The van der Waals surface area contributed by atoms with Gasteiger partial charge in [0.1, 0.15) is 5.75 Å². The van der Waals surface area contributed by atoms with E-state index in [1.54, 1.807) is 7.11 Å². The Hall–Kier alpha value is -0.730. The van der Waals surface area contributed by atoms with E-state index in [4.69, 9.17) is 22.1 Å². The van der Waals surface area contributed by atoms with Crippen molar-refractivity contribution < 1.29 is 4.74 Å². The molecule has 0 heterocycles. The molecule has 0 bridgehead atoms. The summed E-state index contributed by atoms with van der Waals surface area (Å²) in [7, 11) is 1.64. The van der Waals surface area contributed by atoms with Crippen LogP contribution in [0.5, 0.6) is 5.75 Å². The molecule has 1 saturated carbocycles. The van der Waals surface area contributed by atoms with E-state index in [9.17, 15) is 0 Å². The maximum Gasteiger partial charge on any atom is 0.137 e. The van der Waals surface area contributed by atoms with Crippen LogP contribution in [-0.4, -0.2) is 7.11 Å². The first-order chi connectivity index (χ1) is 8.46. The van der Waals surface area contributed by atoms with Crippen LogP contribution in [0.4, 0.5) is 0 Å². The van der Waals surface area contributed by atoms with Crippen LogP contribution in [0.25, 0.3) is 0 Å². The van der Waals surface area contributed by atoms with Crippen molar-refractivity contribution in [2.24, 2.45) is 17.6 Å². The van der Waals surface area contributed by atoms with Gasteiger partial charge >= 0.3 is 0 Å². The third-order valence-corrected chi connectivity index (χ3v) is 4.74. The Morgan fingerprint density at radius 3 is 2.67 bits per heavy atom. The van der Waals surface area contributed by atoms with Crippen molar-refractivity contribution in [3.8, 4) is 5.75 Å². The van der Waals surface area contributed by atoms with Crippen molar-refractivity contribution in [2.45, 2.75) is 38.6 Å². The largest absolute Gasteiger partial charge is 0.495 e. The Labute approximate surface area is 114 Å². The quantitative estimate of drug-likeness (QED) is 0.880. The van der Waals surface area contributed by atoms with E-state index in [0.29, 0.717) is 16.7 Å². The van der Waals surface area contributed by atoms with Crippen LogP contribution in [0, 0.1) is 11.8 Å². The first kappa shape index (κ1) is 13.7. The zero-order valence-corrected chi connectivity index (χ0v) is 12.1. The molecule has 2 nitrogen and oxygen atoms in total. The minimum atomic E-state index is -0.232. The predicted octanol–water partition coefficient (Wildman–Crippen LogP) is 3.96. The summed E-state index contributed by atoms with van der Waals surface area (Å²) in [5, 5.41) is 0.641. The van der Waals surface area contributed by atoms with Gasteiger partial charge in [0.15, 0.2) is 0 Å². The molecule has 0 aliphatic heterocycles. The minimum absolute atomic E-state index is 0.232. The zero-order chi connectivity index (χ0) is 13.3. The molecule has 0 saturated heterocycles. The maximum absolute atomic E-state index is 6.61. The first-order valence-electron chi connectivity index (χ1n) is 6.59. The van der Waals surface area contributed by atoms with E-state index in [1.165, 1.54) is 6.42 Å². The van der Waals surface area contributed by atoms with Crippen molar-refractivity contribution in [1.82, 2.24) is 0 Å². The first-order valence-corrected chi connectivity index (χ1v) is 6.97. The molecule has 100 valence electrons. The Balaban J connectivity index is 2.30. The van der Waals surface area contributed by atoms with Crippen molar-refractivity contribution >= 4 is 11.6 Å². The van der Waals surface area contributed by atoms with Crippen LogP contribution < -0.4 is 10.5 Å². The van der Waals surface area contributed by atoms with Gasteiger partial charge in [-0.05, 0) is 48.8 Å². The molecule has 3 atom stereocenters. The lowest BCUT2D eigenvalue weighted by atomic mass is 9.69. The lowest BCUT2D eigenvalue weighted by molar-refractivity contribution is 0.176. The molecule has 3 unspecified atom stereocenters. The molecule has 1 aliphatic rings. The van der Waals surface area contributed by atoms with Crippen LogP contribution in [0.3, 0.4) is 0 Å². The van der Waals surface area contributed by atoms with Crippen LogP contribution >= 0.6 is 11.6 Å². The van der Waals surface area contributed by atoms with Gasteiger partial charge in [0.05, 0.1) is 12.1 Å². The summed E-state index contributed by atoms with van der Waals surface area (Å²) >= 11 is 6.07. The van der Waals surface area contributed by atoms with Crippen LogP contribution in [0.2, 0.25) is 5.02 Å². The smallest absolute Gasteiger partial charge is 0.137 e. The molecule has 18 heavy (non-hydrogen) atoms. The highest BCUT2D eigenvalue weighted by Crippen LogP contribution is 2.42. The highest BCUT2D eigenvalue weighted by molar-refractivity contribution is 6.32. The lowest BCUT2D eigenvalue weighted by Gasteiger charge is -2.40. The topological polar surface area (TPSA) is 35.2 Å². The summed E-state index contributed by atoms with van der Waals surface area (Å²) in [5.74, 6) is 2.13. The second-order valence-corrected chi connectivity index (χ2v) is 6.11. The highest BCUT2D eigenvalue weighted by atomic mass is 35.5. The van der Waals surface area contributed by atoms with Crippen molar-refractivity contribution in [3.05, 3.63) is 28.8 Å². The van der Waals surface area contributed by atoms with Crippen molar-refractivity contribution in [1.29, 1.82) is 0 Å². The van der Waals surface area contributed by atoms with Gasteiger partial charge in [0, 0.05) is 5.54 Å². The summed E-state index contributed by atoms with van der Waals surface area (Å²) in [5.41, 5.74) is 7.52. The Kier molecular flexibility index (Phi) is 3.88. The van der Waals surface area contributed by atoms with Crippen LogP contribution in [0.15, 0.2) is 18.2 Å². The average Bonchev–Trinajstić information content (AvgIpc) is 2.35. The second-order valence-electron chi connectivity index (χ2n) is 5.70. The molecule has 0 spiro atoms. The number of hydrogen-bond donors (Lipinski definition) is 1. The summed E-state index contributed by atoms with van der Waals surface area (Å²) in [6.45, 7) is 4.60. The van der Waals surface area contributed by atoms with Crippen molar-refractivity contribution in [3.63, 3.8) is 0 Å². The lowest BCUT2D eigenvalue weighted by Crippen LogP contribution is -2.43. The van der Waals surface area contributed by atoms with Crippen molar-refractivity contribution in [2.75, 3.05) is 7.11 Å². The zero-order valence-electron chi connectivity index (χ0n) is 11.4. The second kappa shape index (κ2) is 5.10. The number of methoxy groups -OCH3 is 1. The molecular weight excluding hydrogens is 246 g/mol. The van der Waals surface area contributed by atoms with Gasteiger partial charge in [0.25, 0.3) is 0 Å². The summed E-state index contributed by atoms with van der Waals surface area (Å²) < 4.78 is 5.28. The molecule has 1 aromatic carbocycles. The summed E-state index contributed by atoms with van der Waals surface area (Å²) in [4.78, 5) is 0. The van der Waals surface area contributed by atoms with E-state index < -0.39 is 0 Å². The van der Waals surface area contributed by atoms with Crippen LogP contribution in [-0.2, 0) is 5.54 Å². The van der Waals surface area contributed by atoms with Gasteiger partial charge in [-0.2, -0.15) is 0 Å².